The fourth-order valence-corrected chi connectivity index (χ4v) is 4.31. The predicted molar refractivity (Wildman–Crippen MR) is 131 cm³/mol. The molecule has 0 aliphatic carbocycles. The minimum Gasteiger partial charge on any atom is -0.426 e. The Morgan fingerprint density at radius 3 is 1.91 bits per heavy atom. The summed E-state index contributed by atoms with van der Waals surface area (Å²) in [4.78, 5) is 25.8. The summed E-state index contributed by atoms with van der Waals surface area (Å²) in [7, 11) is 2.10. The molecule has 3 aromatic carbocycles. The number of piperidine rings is 1. The summed E-state index contributed by atoms with van der Waals surface area (Å²) in [5.41, 5.74) is 2.60. The van der Waals surface area contributed by atoms with Crippen LogP contribution in [0.15, 0.2) is 91.0 Å². The number of esters is 1. The van der Waals surface area contributed by atoms with Gasteiger partial charge in [-0.3, -0.25) is 9.59 Å². The molecule has 0 unspecified atom stereocenters. The van der Waals surface area contributed by atoms with Gasteiger partial charge in [-0.25, -0.2) is 0 Å². The predicted octanol–water partition coefficient (Wildman–Crippen LogP) is 5.47. The Bertz CT molecular complexity index is 1100. The normalized spacial score (nSPS) is 20.8. The Morgan fingerprint density at radius 2 is 1.33 bits per heavy atom. The number of quaternary nitrogens is 1. The molecule has 0 spiro atoms. The molecule has 0 atom stereocenters. The van der Waals surface area contributed by atoms with Gasteiger partial charge < -0.3 is 9.22 Å². The highest BCUT2D eigenvalue weighted by Gasteiger charge is 2.36. The highest BCUT2D eigenvalue weighted by molar-refractivity contribution is 5.97. The van der Waals surface area contributed by atoms with Gasteiger partial charge in [0.2, 0.25) is 5.78 Å². The maximum atomic E-state index is 13.1. The van der Waals surface area contributed by atoms with Gasteiger partial charge >= 0.3 is 5.97 Å². The molecule has 1 heterocycles. The van der Waals surface area contributed by atoms with E-state index in [1.807, 2.05) is 97.1 Å². The van der Waals surface area contributed by atoms with E-state index in [0.717, 1.165) is 29.8 Å². The molecule has 0 radical (unpaired) electrons. The summed E-state index contributed by atoms with van der Waals surface area (Å²) in [5.74, 6) is 0.359. The van der Waals surface area contributed by atoms with Gasteiger partial charge in [0.05, 0.1) is 26.1 Å². The van der Waals surface area contributed by atoms with E-state index >= 15 is 0 Å². The van der Waals surface area contributed by atoms with Crippen LogP contribution in [0.3, 0.4) is 0 Å². The largest absolute Gasteiger partial charge is 0.426 e. The lowest BCUT2D eigenvalue weighted by Gasteiger charge is -2.39. The number of likely N-dealkylation sites (tertiary alicyclic amines) is 1. The van der Waals surface area contributed by atoms with Crippen molar-refractivity contribution in [3.63, 3.8) is 0 Å². The summed E-state index contributed by atoms with van der Waals surface area (Å²) in [5, 5.41) is 0. The number of Topliss-reactive ketones (excluding diaryl/α,β-unsaturated/α-hetero) is 1. The Balaban J connectivity index is 1.41. The fourth-order valence-electron chi connectivity index (χ4n) is 4.31. The number of likely N-dealkylation sites (N-methyl/N-ethyl adjacent to an activating group) is 1. The SMILES string of the molecule is C[N+]1(CC(=O)c2ccccc2)CCC(C(=O)O/C(=C/c2ccccc2)c2ccccc2)CC1. The number of carbonyl (C=O) groups is 2. The van der Waals surface area contributed by atoms with Crippen LogP contribution in [0, 0.1) is 5.92 Å². The van der Waals surface area contributed by atoms with Crippen molar-refractivity contribution in [1.82, 2.24) is 0 Å². The standard InChI is InChI=1S/C29H30NO3/c1-30(22-27(31)24-13-7-3-8-14-24)19-17-26(18-20-30)29(32)33-28(25-15-9-4-10-16-25)21-23-11-5-2-6-12-23/h2-16,21,26H,17-20,22H2,1H3/q+1/b28-21+. The van der Waals surface area contributed by atoms with Crippen LogP contribution in [0.1, 0.15) is 34.3 Å². The number of benzene rings is 3. The monoisotopic (exact) mass is 440 g/mol. The van der Waals surface area contributed by atoms with Crippen molar-refractivity contribution in [2.75, 3.05) is 26.7 Å². The molecule has 1 saturated heterocycles. The number of hydrogen-bond donors (Lipinski definition) is 0. The first-order chi connectivity index (χ1) is 16.0. The molecular formula is C29H30NO3+. The molecule has 168 valence electrons. The van der Waals surface area contributed by atoms with Crippen molar-refractivity contribution in [2.45, 2.75) is 12.8 Å². The van der Waals surface area contributed by atoms with E-state index < -0.39 is 0 Å². The number of carbonyl (C=O) groups excluding carboxylic acids is 2. The number of nitrogens with zero attached hydrogens (tertiary/aromatic N) is 1. The molecule has 0 bridgehead atoms. The summed E-state index contributed by atoms with van der Waals surface area (Å²) in [6, 6.07) is 29.0. The van der Waals surface area contributed by atoms with E-state index in [2.05, 4.69) is 7.05 Å². The Labute approximate surface area is 195 Å². The first kappa shape index (κ1) is 22.7. The van der Waals surface area contributed by atoms with Crippen LogP contribution in [0.4, 0.5) is 0 Å². The van der Waals surface area contributed by atoms with E-state index in [0.29, 0.717) is 29.6 Å². The van der Waals surface area contributed by atoms with Crippen LogP contribution in [0.25, 0.3) is 11.8 Å². The quantitative estimate of drug-likeness (QED) is 0.161. The second-order valence-electron chi connectivity index (χ2n) is 8.99. The molecule has 0 aromatic heterocycles. The fraction of sp³-hybridized carbons (Fsp3) is 0.241. The number of rotatable bonds is 7. The molecular weight excluding hydrogens is 410 g/mol. The molecule has 1 aliphatic heterocycles. The van der Waals surface area contributed by atoms with Crippen LogP contribution in [-0.4, -0.2) is 42.9 Å². The molecule has 4 nitrogen and oxygen atoms in total. The lowest BCUT2D eigenvalue weighted by Crippen LogP contribution is -2.53. The van der Waals surface area contributed by atoms with Gasteiger partial charge in [0.1, 0.15) is 12.3 Å². The van der Waals surface area contributed by atoms with E-state index in [9.17, 15) is 9.59 Å². The minimum atomic E-state index is -0.193. The lowest BCUT2D eigenvalue weighted by atomic mass is 9.94. The van der Waals surface area contributed by atoms with Crippen molar-refractivity contribution >= 4 is 23.6 Å². The summed E-state index contributed by atoms with van der Waals surface area (Å²) in [6.07, 6.45) is 3.34. The van der Waals surface area contributed by atoms with Gasteiger partial charge in [-0.05, 0) is 11.6 Å². The lowest BCUT2D eigenvalue weighted by molar-refractivity contribution is -0.906. The molecule has 1 fully saturated rings. The number of ether oxygens (including phenoxy) is 1. The highest BCUT2D eigenvalue weighted by Crippen LogP contribution is 2.27. The smallest absolute Gasteiger partial charge is 0.314 e. The van der Waals surface area contributed by atoms with E-state index in [4.69, 9.17) is 4.74 Å². The summed E-state index contributed by atoms with van der Waals surface area (Å²) < 4.78 is 6.60. The first-order valence-electron chi connectivity index (χ1n) is 11.5. The van der Waals surface area contributed by atoms with Crippen LogP contribution in [0.5, 0.6) is 0 Å². The third-order valence-corrected chi connectivity index (χ3v) is 6.36. The third kappa shape index (κ3) is 6.05. The Morgan fingerprint density at radius 1 is 0.818 bits per heavy atom. The van der Waals surface area contributed by atoms with E-state index in [-0.39, 0.29) is 17.7 Å². The third-order valence-electron chi connectivity index (χ3n) is 6.36. The summed E-state index contributed by atoms with van der Waals surface area (Å²) in [6.45, 7) is 2.01. The molecule has 33 heavy (non-hydrogen) atoms. The van der Waals surface area contributed by atoms with Crippen molar-refractivity contribution in [1.29, 1.82) is 0 Å². The Kier molecular flexibility index (Phi) is 7.16. The molecule has 3 aromatic rings. The zero-order chi connectivity index (χ0) is 23.1. The van der Waals surface area contributed by atoms with Crippen molar-refractivity contribution in [2.24, 2.45) is 5.92 Å². The molecule has 0 saturated carbocycles. The van der Waals surface area contributed by atoms with Crippen molar-refractivity contribution in [3.8, 4) is 0 Å². The van der Waals surface area contributed by atoms with Crippen LogP contribution >= 0.6 is 0 Å². The maximum Gasteiger partial charge on any atom is 0.314 e. The topological polar surface area (TPSA) is 43.4 Å². The number of ketones is 1. The average Bonchev–Trinajstić information content (AvgIpc) is 2.85. The minimum absolute atomic E-state index is 0.149. The first-order valence-corrected chi connectivity index (χ1v) is 11.5. The second kappa shape index (κ2) is 10.4. The van der Waals surface area contributed by atoms with Gasteiger partial charge in [0, 0.05) is 24.0 Å². The van der Waals surface area contributed by atoms with Gasteiger partial charge in [-0.15, -0.1) is 0 Å². The van der Waals surface area contributed by atoms with Crippen LogP contribution < -0.4 is 0 Å². The zero-order valence-electron chi connectivity index (χ0n) is 19.0. The van der Waals surface area contributed by atoms with Gasteiger partial charge in [-0.1, -0.05) is 91.0 Å². The van der Waals surface area contributed by atoms with E-state index in [1.54, 1.807) is 0 Å². The average molecular weight is 441 g/mol. The molecule has 4 rings (SSSR count). The number of hydrogen-bond acceptors (Lipinski definition) is 3. The van der Waals surface area contributed by atoms with Crippen LogP contribution in [0.2, 0.25) is 0 Å². The molecule has 4 heteroatoms. The molecule has 0 amide bonds. The maximum absolute atomic E-state index is 13.1. The zero-order valence-corrected chi connectivity index (χ0v) is 19.0. The van der Waals surface area contributed by atoms with Crippen LogP contribution in [-0.2, 0) is 9.53 Å². The Hall–Kier alpha value is -3.50. The van der Waals surface area contributed by atoms with E-state index in [1.165, 1.54) is 0 Å². The van der Waals surface area contributed by atoms with Gasteiger partial charge in [-0.2, -0.15) is 0 Å². The van der Waals surface area contributed by atoms with Crippen molar-refractivity contribution in [3.05, 3.63) is 108 Å². The highest BCUT2D eigenvalue weighted by atomic mass is 16.5. The van der Waals surface area contributed by atoms with Gasteiger partial charge in [0.25, 0.3) is 0 Å². The second-order valence-corrected chi connectivity index (χ2v) is 8.99. The van der Waals surface area contributed by atoms with Gasteiger partial charge in [0.15, 0.2) is 0 Å². The summed E-state index contributed by atoms with van der Waals surface area (Å²) >= 11 is 0. The van der Waals surface area contributed by atoms with Crippen molar-refractivity contribution < 1.29 is 18.8 Å². The molecule has 0 N–H and O–H groups in total. The molecule has 1 aliphatic rings.